The van der Waals surface area contributed by atoms with Crippen molar-refractivity contribution in [1.82, 2.24) is 0 Å². The molecule has 0 aromatic heterocycles. The number of ether oxygens (including phenoxy) is 3. The van der Waals surface area contributed by atoms with E-state index in [9.17, 15) is 13.6 Å². The van der Waals surface area contributed by atoms with Gasteiger partial charge in [-0.05, 0) is 55.0 Å². The van der Waals surface area contributed by atoms with E-state index in [1.165, 1.54) is 4.31 Å². The SMILES string of the molecule is CCOC(=O)Cc1ccc(OC)c(Oc2ccc(N(c3cccc4c(N(C)C)cccc34)S(=O)[O-])cc2CSC(C)(C)C)c1. The topological polar surface area (TPSA) is 91.4 Å². The van der Waals surface area contributed by atoms with Gasteiger partial charge in [0.05, 0.1) is 42.8 Å². The van der Waals surface area contributed by atoms with Crippen LogP contribution in [0.25, 0.3) is 10.8 Å². The Kier molecular flexibility index (Phi) is 10.8. The largest absolute Gasteiger partial charge is 0.755 e. The van der Waals surface area contributed by atoms with Gasteiger partial charge in [-0.15, -0.1) is 0 Å². The fourth-order valence-corrected chi connectivity index (χ4v) is 6.18. The average Bonchev–Trinajstić information content (AvgIpc) is 2.96. The summed E-state index contributed by atoms with van der Waals surface area (Å²) in [5.41, 5.74) is 3.57. The van der Waals surface area contributed by atoms with Crippen LogP contribution in [0.4, 0.5) is 17.1 Å². The van der Waals surface area contributed by atoms with Gasteiger partial charge in [0.25, 0.3) is 0 Å². The van der Waals surface area contributed by atoms with E-state index >= 15 is 0 Å². The van der Waals surface area contributed by atoms with Crippen LogP contribution in [0.3, 0.4) is 0 Å². The van der Waals surface area contributed by atoms with Gasteiger partial charge < -0.3 is 23.7 Å². The molecule has 1 atom stereocenters. The molecule has 0 saturated carbocycles. The number of methoxy groups -OCH3 is 1. The predicted octanol–water partition coefficient (Wildman–Crippen LogP) is 7.78. The van der Waals surface area contributed by atoms with Gasteiger partial charge in [-0.2, -0.15) is 11.8 Å². The second kappa shape index (κ2) is 14.4. The third-order valence-electron chi connectivity index (χ3n) is 6.77. The summed E-state index contributed by atoms with van der Waals surface area (Å²) in [5.74, 6) is 1.75. The number of hydrogen-bond donors (Lipinski definition) is 0. The van der Waals surface area contributed by atoms with Gasteiger partial charge in [0, 0.05) is 46.6 Å². The number of nitrogens with zero attached hydrogens (tertiary/aromatic N) is 2. The summed E-state index contributed by atoms with van der Waals surface area (Å²) in [6.07, 6.45) is 0.102. The molecule has 0 radical (unpaired) electrons. The summed E-state index contributed by atoms with van der Waals surface area (Å²) in [4.78, 5) is 14.1. The molecule has 0 bridgehead atoms. The maximum Gasteiger partial charge on any atom is 0.310 e. The first-order chi connectivity index (χ1) is 20.9. The highest BCUT2D eigenvalue weighted by Gasteiger charge is 2.20. The molecule has 1 unspecified atom stereocenters. The van der Waals surface area contributed by atoms with Crippen LogP contribution < -0.4 is 18.7 Å². The van der Waals surface area contributed by atoms with Crippen LogP contribution in [0.15, 0.2) is 72.8 Å². The average molecular weight is 636 g/mol. The van der Waals surface area contributed by atoms with E-state index in [0.717, 1.165) is 27.6 Å². The van der Waals surface area contributed by atoms with Crippen LogP contribution in [0.2, 0.25) is 0 Å². The van der Waals surface area contributed by atoms with Crippen molar-refractivity contribution < 1.29 is 27.8 Å². The van der Waals surface area contributed by atoms with Crippen molar-refractivity contribution in [3.05, 3.63) is 83.9 Å². The third kappa shape index (κ3) is 8.05. The normalized spacial score (nSPS) is 12.1. The van der Waals surface area contributed by atoms with E-state index in [-0.39, 0.29) is 17.1 Å². The molecule has 44 heavy (non-hydrogen) atoms. The van der Waals surface area contributed by atoms with Crippen LogP contribution in [-0.2, 0) is 33.0 Å². The smallest absolute Gasteiger partial charge is 0.310 e. The van der Waals surface area contributed by atoms with E-state index in [0.29, 0.717) is 41.0 Å². The molecule has 4 rings (SSSR count). The van der Waals surface area contributed by atoms with E-state index in [1.54, 1.807) is 56.1 Å². The lowest BCUT2D eigenvalue weighted by Crippen LogP contribution is -2.20. The van der Waals surface area contributed by atoms with Crippen LogP contribution in [0, 0.1) is 0 Å². The highest BCUT2D eigenvalue weighted by molar-refractivity contribution is 7.99. The minimum Gasteiger partial charge on any atom is -0.755 e. The molecule has 0 fully saturated rings. The monoisotopic (exact) mass is 635 g/mol. The number of fused-ring (bicyclic) bond motifs is 1. The van der Waals surface area contributed by atoms with Crippen LogP contribution in [0.5, 0.6) is 17.2 Å². The second-order valence-corrected chi connectivity index (χ2v) is 13.9. The zero-order chi connectivity index (χ0) is 32.0. The van der Waals surface area contributed by atoms with Crippen LogP contribution >= 0.6 is 11.8 Å². The van der Waals surface area contributed by atoms with E-state index in [2.05, 4.69) is 20.8 Å². The number of carbonyl (C=O) groups is 1. The van der Waals surface area contributed by atoms with Gasteiger partial charge in [0.15, 0.2) is 11.5 Å². The first kappa shape index (κ1) is 33.2. The first-order valence-electron chi connectivity index (χ1n) is 14.3. The summed E-state index contributed by atoms with van der Waals surface area (Å²) in [6, 6.07) is 22.2. The molecule has 0 heterocycles. The molecule has 0 N–H and O–H groups in total. The Morgan fingerprint density at radius 3 is 2.18 bits per heavy atom. The second-order valence-electron chi connectivity index (χ2n) is 11.3. The van der Waals surface area contributed by atoms with Crippen molar-refractivity contribution in [2.45, 2.75) is 44.6 Å². The van der Waals surface area contributed by atoms with E-state index in [4.69, 9.17) is 14.2 Å². The Bertz CT molecular complexity index is 1650. The first-order valence-corrected chi connectivity index (χ1v) is 16.3. The molecule has 10 heteroatoms. The molecule has 0 spiro atoms. The molecule has 0 amide bonds. The number of thioether (sulfide) groups is 1. The molecule has 234 valence electrons. The maximum atomic E-state index is 12.8. The summed E-state index contributed by atoms with van der Waals surface area (Å²) in [7, 11) is 5.48. The zero-order valence-electron chi connectivity index (χ0n) is 26.2. The van der Waals surface area contributed by atoms with E-state index in [1.807, 2.05) is 61.5 Å². The van der Waals surface area contributed by atoms with Gasteiger partial charge >= 0.3 is 5.97 Å². The lowest BCUT2D eigenvalue weighted by atomic mass is 10.1. The van der Waals surface area contributed by atoms with Crippen molar-refractivity contribution in [2.24, 2.45) is 0 Å². The van der Waals surface area contributed by atoms with E-state index < -0.39 is 11.3 Å². The molecular weight excluding hydrogens is 597 g/mol. The lowest BCUT2D eigenvalue weighted by Gasteiger charge is -2.29. The van der Waals surface area contributed by atoms with Crippen LogP contribution in [-0.4, -0.2) is 47.3 Å². The molecule has 0 aliphatic heterocycles. The summed E-state index contributed by atoms with van der Waals surface area (Å²) >= 11 is -0.890. The van der Waals surface area contributed by atoms with Crippen LogP contribution in [0.1, 0.15) is 38.8 Å². The quantitative estimate of drug-likeness (QED) is 0.115. The highest BCUT2D eigenvalue weighted by atomic mass is 32.2. The van der Waals surface area contributed by atoms with Crippen molar-refractivity contribution >= 4 is 56.8 Å². The van der Waals surface area contributed by atoms with Crippen molar-refractivity contribution in [3.8, 4) is 17.2 Å². The number of esters is 1. The number of carbonyl (C=O) groups excluding carboxylic acids is 1. The Morgan fingerprint density at radius 2 is 1.57 bits per heavy atom. The molecule has 4 aromatic rings. The Hall–Kier alpha value is -3.73. The lowest BCUT2D eigenvalue weighted by molar-refractivity contribution is -0.142. The minimum atomic E-state index is -2.61. The minimum absolute atomic E-state index is 0.0518. The fourth-order valence-electron chi connectivity index (χ4n) is 4.76. The Morgan fingerprint density at radius 1 is 0.909 bits per heavy atom. The van der Waals surface area contributed by atoms with Crippen molar-refractivity contribution in [1.29, 1.82) is 0 Å². The number of benzene rings is 4. The highest BCUT2D eigenvalue weighted by Crippen LogP contribution is 2.41. The summed E-state index contributed by atoms with van der Waals surface area (Å²) < 4.78 is 44.1. The molecule has 8 nitrogen and oxygen atoms in total. The Balaban J connectivity index is 1.80. The fraction of sp³-hybridized carbons (Fsp3) is 0.324. The number of hydrogen-bond acceptors (Lipinski definition) is 8. The molecule has 0 aliphatic carbocycles. The van der Waals surface area contributed by atoms with Crippen molar-refractivity contribution in [2.75, 3.05) is 37.0 Å². The standard InChI is InChI=1S/C34H40N2O6S2/c1-8-41-33(37)20-23-15-17-31(40-7)32(19-23)42-30-18-16-25(21-24(30)22-43-34(2,3)4)36(44(38)39)29-14-10-11-26-27(29)12-9-13-28(26)35(5)6/h9-19,21H,8,20,22H2,1-7H3,(H,38,39)/p-1. The number of rotatable bonds is 12. The zero-order valence-corrected chi connectivity index (χ0v) is 27.8. The molecular formula is C34H39N2O6S2-. The van der Waals surface area contributed by atoms with Gasteiger partial charge in [0.2, 0.25) is 0 Å². The predicted molar refractivity (Wildman–Crippen MR) is 180 cm³/mol. The summed E-state index contributed by atoms with van der Waals surface area (Å²) in [6.45, 7) is 8.45. The molecule has 0 aliphatic rings. The maximum absolute atomic E-state index is 12.8. The molecule has 0 saturated heterocycles. The Labute approximate surface area is 266 Å². The summed E-state index contributed by atoms with van der Waals surface area (Å²) in [5, 5.41) is 1.76. The van der Waals surface area contributed by atoms with Crippen molar-refractivity contribution in [3.63, 3.8) is 0 Å². The number of anilines is 3. The third-order valence-corrected chi connectivity index (χ3v) is 8.79. The van der Waals surface area contributed by atoms with Gasteiger partial charge in [0.1, 0.15) is 5.75 Å². The van der Waals surface area contributed by atoms with Gasteiger partial charge in [-0.1, -0.05) is 51.1 Å². The van der Waals surface area contributed by atoms with Gasteiger partial charge in [-0.25, -0.2) is 0 Å². The van der Waals surface area contributed by atoms with Gasteiger partial charge in [-0.3, -0.25) is 13.3 Å². The molecule has 4 aromatic carbocycles.